The van der Waals surface area contributed by atoms with Crippen molar-refractivity contribution in [1.29, 1.82) is 0 Å². The van der Waals surface area contributed by atoms with E-state index in [4.69, 9.17) is 0 Å². The summed E-state index contributed by atoms with van der Waals surface area (Å²) in [6.07, 6.45) is 1.12. The molecule has 1 aromatic rings. The van der Waals surface area contributed by atoms with E-state index >= 15 is 0 Å². The molecule has 12 heavy (non-hydrogen) atoms. The van der Waals surface area contributed by atoms with Crippen molar-refractivity contribution in [2.24, 2.45) is 0 Å². The molecular weight excluding hydrogens is 178 g/mol. The number of hydrogen-bond donors (Lipinski definition) is 3. The summed E-state index contributed by atoms with van der Waals surface area (Å²) >= 11 is 0. The van der Waals surface area contributed by atoms with Crippen LogP contribution in [0.1, 0.15) is 18.0 Å². The summed E-state index contributed by atoms with van der Waals surface area (Å²) in [5.41, 5.74) is 0.993. The Morgan fingerprint density at radius 3 is 2.75 bits per heavy atom. The summed E-state index contributed by atoms with van der Waals surface area (Å²) in [6.45, 7) is 2.03. The molecular formula is C7H12ClN3O. The lowest BCUT2D eigenvalue weighted by Crippen LogP contribution is -2.08. The molecule has 0 radical (unpaired) electrons. The van der Waals surface area contributed by atoms with E-state index < -0.39 is 0 Å². The minimum Gasteiger partial charge on any atom is -0.316 e. The van der Waals surface area contributed by atoms with E-state index in [0.717, 1.165) is 25.2 Å². The molecule has 3 N–H and O–H groups in total. The van der Waals surface area contributed by atoms with Crippen molar-refractivity contribution in [1.82, 2.24) is 15.5 Å². The van der Waals surface area contributed by atoms with Crippen molar-refractivity contribution in [2.45, 2.75) is 12.3 Å². The van der Waals surface area contributed by atoms with E-state index in [1.54, 1.807) is 6.07 Å². The summed E-state index contributed by atoms with van der Waals surface area (Å²) in [6, 6.07) is 1.64. The van der Waals surface area contributed by atoms with Crippen molar-refractivity contribution < 1.29 is 0 Å². The van der Waals surface area contributed by atoms with E-state index in [9.17, 15) is 4.79 Å². The van der Waals surface area contributed by atoms with Crippen LogP contribution in [0.4, 0.5) is 0 Å². The van der Waals surface area contributed by atoms with Gasteiger partial charge in [0.05, 0.1) is 0 Å². The van der Waals surface area contributed by atoms with Crippen LogP contribution < -0.4 is 10.9 Å². The van der Waals surface area contributed by atoms with E-state index in [2.05, 4.69) is 15.5 Å². The average molecular weight is 190 g/mol. The highest BCUT2D eigenvalue weighted by Crippen LogP contribution is 2.17. The molecule has 0 saturated carbocycles. The third-order valence-electron chi connectivity index (χ3n) is 2.12. The number of H-pyrrole nitrogens is 2. The topological polar surface area (TPSA) is 60.7 Å². The fourth-order valence-electron chi connectivity index (χ4n) is 1.49. The summed E-state index contributed by atoms with van der Waals surface area (Å²) in [5, 5.41) is 8.65. The van der Waals surface area contributed by atoms with Gasteiger partial charge in [-0.25, -0.2) is 0 Å². The largest absolute Gasteiger partial charge is 0.316 e. The average Bonchev–Trinajstić information content (AvgIpc) is 2.55. The van der Waals surface area contributed by atoms with Crippen molar-refractivity contribution >= 4 is 12.4 Å². The predicted octanol–water partition coefficient (Wildman–Crippen LogP) is 0.202. The van der Waals surface area contributed by atoms with Crippen LogP contribution in [0, 0.1) is 0 Å². The normalized spacial score (nSPS) is 22.2. The lowest BCUT2D eigenvalue weighted by Gasteiger charge is -2.02. The molecule has 0 aliphatic carbocycles. The minimum absolute atomic E-state index is 0. The SMILES string of the molecule is Cl.O=c1cc([C@H]2CCNC2)[nH][nH]1. The number of hydrogen-bond acceptors (Lipinski definition) is 2. The van der Waals surface area contributed by atoms with Crippen LogP contribution in [0.25, 0.3) is 0 Å². The Morgan fingerprint density at radius 2 is 2.25 bits per heavy atom. The third-order valence-corrected chi connectivity index (χ3v) is 2.12. The molecule has 1 aromatic heterocycles. The monoisotopic (exact) mass is 189 g/mol. The molecule has 0 bridgehead atoms. The van der Waals surface area contributed by atoms with Gasteiger partial charge in [0.15, 0.2) is 0 Å². The van der Waals surface area contributed by atoms with Gasteiger partial charge in [0.25, 0.3) is 5.56 Å². The fraction of sp³-hybridized carbons (Fsp3) is 0.571. The van der Waals surface area contributed by atoms with Crippen molar-refractivity contribution in [2.75, 3.05) is 13.1 Å². The van der Waals surface area contributed by atoms with Crippen LogP contribution in [0.5, 0.6) is 0 Å². The molecule has 2 heterocycles. The van der Waals surface area contributed by atoms with Crippen LogP contribution >= 0.6 is 12.4 Å². The molecule has 1 aliphatic heterocycles. The van der Waals surface area contributed by atoms with Crippen LogP contribution in [-0.2, 0) is 0 Å². The van der Waals surface area contributed by atoms with E-state index in [1.807, 2.05) is 0 Å². The Labute approximate surface area is 76.1 Å². The number of aromatic amines is 2. The van der Waals surface area contributed by atoms with E-state index in [-0.39, 0.29) is 18.0 Å². The zero-order valence-electron chi connectivity index (χ0n) is 6.59. The van der Waals surface area contributed by atoms with Crippen LogP contribution in [0.3, 0.4) is 0 Å². The Morgan fingerprint density at radius 1 is 1.42 bits per heavy atom. The first-order valence-corrected chi connectivity index (χ1v) is 3.84. The predicted molar refractivity (Wildman–Crippen MR) is 48.9 cm³/mol. The zero-order chi connectivity index (χ0) is 7.68. The van der Waals surface area contributed by atoms with Crippen LogP contribution in [-0.4, -0.2) is 23.3 Å². The molecule has 1 saturated heterocycles. The Kier molecular flexibility index (Phi) is 2.94. The molecule has 1 fully saturated rings. The maximum Gasteiger partial charge on any atom is 0.264 e. The second kappa shape index (κ2) is 3.78. The third kappa shape index (κ3) is 1.70. The lowest BCUT2D eigenvalue weighted by molar-refractivity contribution is 0.729. The Balaban J connectivity index is 0.000000720. The van der Waals surface area contributed by atoms with E-state index in [0.29, 0.717) is 5.92 Å². The molecule has 68 valence electrons. The molecule has 5 heteroatoms. The first-order valence-electron chi connectivity index (χ1n) is 3.84. The lowest BCUT2D eigenvalue weighted by atomic mass is 10.1. The molecule has 1 atom stereocenters. The highest BCUT2D eigenvalue weighted by Gasteiger charge is 2.17. The van der Waals surface area contributed by atoms with Gasteiger partial charge in [-0.15, -0.1) is 12.4 Å². The molecule has 0 amide bonds. The number of rotatable bonds is 1. The van der Waals surface area contributed by atoms with Crippen molar-refractivity contribution in [3.05, 3.63) is 22.1 Å². The van der Waals surface area contributed by atoms with Gasteiger partial charge in [0, 0.05) is 24.2 Å². The second-order valence-corrected chi connectivity index (χ2v) is 2.90. The summed E-state index contributed by atoms with van der Waals surface area (Å²) in [7, 11) is 0. The van der Waals surface area contributed by atoms with Crippen molar-refractivity contribution in [3.63, 3.8) is 0 Å². The van der Waals surface area contributed by atoms with Gasteiger partial charge in [-0.05, 0) is 13.0 Å². The number of nitrogens with one attached hydrogen (secondary N) is 3. The molecule has 1 aliphatic rings. The zero-order valence-corrected chi connectivity index (χ0v) is 7.41. The maximum absolute atomic E-state index is 10.7. The first-order chi connectivity index (χ1) is 5.36. The van der Waals surface area contributed by atoms with Crippen LogP contribution in [0.15, 0.2) is 10.9 Å². The molecule has 2 rings (SSSR count). The second-order valence-electron chi connectivity index (χ2n) is 2.90. The summed E-state index contributed by atoms with van der Waals surface area (Å²) in [5.74, 6) is 0.494. The Bertz CT molecular complexity index is 287. The Hall–Kier alpha value is -0.740. The van der Waals surface area contributed by atoms with Gasteiger partial charge in [-0.3, -0.25) is 9.89 Å². The first kappa shape index (κ1) is 9.35. The quantitative estimate of drug-likeness (QED) is 0.591. The van der Waals surface area contributed by atoms with Gasteiger partial charge >= 0.3 is 0 Å². The number of halogens is 1. The minimum atomic E-state index is -0.0353. The molecule has 4 nitrogen and oxygen atoms in total. The molecule has 0 spiro atoms. The van der Waals surface area contributed by atoms with Gasteiger partial charge in [0.2, 0.25) is 0 Å². The highest BCUT2D eigenvalue weighted by molar-refractivity contribution is 5.85. The molecule has 0 unspecified atom stereocenters. The maximum atomic E-state index is 10.7. The van der Waals surface area contributed by atoms with Gasteiger partial charge in [-0.1, -0.05) is 0 Å². The van der Waals surface area contributed by atoms with Crippen molar-refractivity contribution in [3.8, 4) is 0 Å². The van der Waals surface area contributed by atoms with Crippen LogP contribution in [0.2, 0.25) is 0 Å². The van der Waals surface area contributed by atoms with Gasteiger partial charge in [-0.2, -0.15) is 0 Å². The summed E-state index contributed by atoms with van der Waals surface area (Å²) < 4.78 is 0. The summed E-state index contributed by atoms with van der Waals surface area (Å²) in [4.78, 5) is 10.7. The fourth-order valence-corrected chi connectivity index (χ4v) is 1.49. The van der Waals surface area contributed by atoms with Gasteiger partial charge in [0.1, 0.15) is 0 Å². The van der Waals surface area contributed by atoms with E-state index in [1.165, 1.54) is 0 Å². The van der Waals surface area contributed by atoms with Gasteiger partial charge < -0.3 is 10.4 Å². The smallest absolute Gasteiger partial charge is 0.264 e. The number of aromatic nitrogens is 2. The standard InChI is InChI=1S/C7H11N3O.ClH/c11-7-3-6(9-10-7)5-1-2-8-4-5;/h3,5,8H,1-2,4H2,(H2,9,10,11);1H/t5-;/m0./s1. The highest BCUT2D eigenvalue weighted by atomic mass is 35.5. The molecule has 0 aromatic carbocycles.